The van der Waals surface area contributed by atoms with E-state index >= 15 is 0 Å². The summed E-state index contributed by atoms with van der Waals surface area (Å²) in [4.78, 5) is 5.04. The molecule has 0 fully saturated rings. The molecule has 0 unspecified atom stereocenters. The van der Waals surface area contributed by atoms with E-state index in [1.54, 1.807) is 0 Å². The number of benzene rings is 14. The molecule has 9 heteroatoms. The number of furan rings is 1. The van der Waals surface area contributed by atoms with Crippen molar-refractivity contribution < 1.29 is 34.8 Å². The van der Waals surface area contributed by atoms with Gasteiger partial charge in [-0.3, -0.25) is 4.57 Å². The third-order valence-corrected chi connectivity index (χ3v) is 30.0. The predicted molar refractivity (Wildman–Crippen MR) is 424 cm³/mol. The van der Waals surface area contributed by atoms with E-state index in [1.807, 2.05) is 36.5 Å². The molecule has 0 N–H and O–H groups in total. The van der Waals surface area contributed by atoms with Crippen LogP contribution in [0.3, 0.4) is 0 Å². The van der Waals surface area contributed by atoms with Crippen LogP contribution in [0.5, 0.6) is 11.5 Å². The zero-order chi connectivity index (χ0) is 68.4. The van der Waals surface area contributed by atoms with Crippen LogP contribution in [0.15, 0.2) is 362 Å². The van der Waals surface area contributed by atoms with Crippen molar-refractivity contribution in [2.75, 3.05) is 0 Å². The fourth-order valence-corrected chi connectivity index (χ4v) is 25.4. The van der Waals surface area contributed by atoms with E-state index in [1.165, 1.54) is 47.1 Å². The van der Waals surface area contributed by atoms with Crippen LogP contribution in [0, 0.1) is 18.5 Å². The van der Waals surface area contributed by atoms with Crippen molar-refractivity contribution >= 4 is 112 Å². The van der Waals surface area contributed by atoms with E-state index in [-0.39, 0.29) is 26.5 Å². The van der Waals surface area contributed by atoms with Crippen molar-refractivity contribution in [2.45, 2.75) is 26.2 Å². The monoisotopic (exact) mass is 1540 g/mol. The number of ether oxygens (including phenoxy) is 1. The molecule has 18 aromatic rings. The summed E-state index contributed by atoms with van der Waals surface area (Å²) >= 11 is 0. The summed E-state index contributed by atoms with van der Waals surface area (Å²) in [6, 6.07) is 136. The molecule has 6 nitrogen and oxygen atoms in total. The predicted octanol–water partition coefficient (Wildman–Crippen LogP) is 16.9. The van der Waals surface area contributed by atoms with Gasteiger partial charge in [0.2, 0.25) is 0 Å². The molecule has 0 aliphatic carbocycles. The molecular formula is C94H68N4O2PtSi2-2. The molecule has 103 heavy (non-hydrogen) atoms. The van der Waals surface area contributed by atoms with Crippen LogP contribution in [0.25, 0.3) is 94.2 Å². The van der Waals surface area contributed by atoms with Crippen molar-refractivity contribution in [3.8, 4) is 50.9 Å². The van der Waals surface area contributed by atoms with Gasteiger partial charge in [-0.05, 0) is 116 Å². The average Bonchev–Trinajstić information content (AvgIpc) is 1.45. The standard InChI is InChI=1S/C94H68N4O2Si2.Pt/c1-94(2,3)68-56-57-95-92(60-68)98-88-62-71(54-55-82(88)84-64-91-85(63-89(84)98)83-48-22-25-53-90(83)100-91)99-70-33-28-32-69(61-70)96-65-97(87-52-24-23-51-86(87)96)93-80(66-30-26-46-78(58-66)101(72-34-10-4-11-35-72,73-36-12-5-13-37-73)74-38-14-6-15-39-74)49-29-50-81(93)67-31-27-47-79(59-67)102(75-40-16-7-17-41-75,76-42-18-8-19-43-76)77-44-20-9-21-45-77;/h4-60,63-64H,1-3H3;/q-2;. The first-order chi connectivity index (χ1) is 50.2. The van der Waals surface area contributed by atoms with Crippen molar-refractivity contribution in [3.63, 3.8) is 0 Å². The molecule has 496 valence electrons. The first-order valence-corrected chi connectivity index (χ1v) is 38.8. The molecule has 0 aliphatic heterocycles. The Balaban J connectivity index is 0.00000787. The summed E-state index contributed by atoms with van der Waals surface area (Å²) in [5, 5.41) is 14.6. The molecule has 4 heterocycles. The fourth-order valence-electron chi connectivity index (χ4n) is 15.8. The molecule has 0 spiro atoms. The number of aromatic nitrogens is 4. The Morgan fingerprint density at radius 3 is 1.43 bits per heavy atom. The molecule has 18 rings (SSSR count). The molecule has 0 aliphatic rings. The minimum Gasteiger partial charge on any atom is -0.510 e. The third kappa shape index (κ3) is 11.1. The molecule has 0 saturated heterocycles. The van der Waals surface area contributed by atoms with Gasteiger partial charge in [-0.1, -0.05) is 317 Å². The number of hydrogen-bond acceptors (Lipinski definition) is 3. The molecule has 0 bridgehead atoms. The van der Waals surface area contributed by atoms with Gasteiger partial charge in [0.05, 0.1) is 16.7 Å². The van der Waals surface area contributed by atoms with Crippen LogP contribution in [-0.4, -0.2) is 30.3 Å². The van der Waals surface area contributed by atoms with E-state index in [0.717, 1.165) is 94.2 Å². The minimum atomic E-state index is -2.99. The Morgan fingerprint density at radius 1 is 0.388 bits per heavy atom. The quantitative estimate of drug-likeness (QED) is 0.0445. The molecule has 0 amide bonds. The van der Waals surface area contributed by atoms with Gasteiger partial charge in [-0.2, -0.15) is 18.2 Å². The maximum atomic E-state index is 6.97. The van der Waals surface area contributed by atoms with Crippen LogP contribution in [0.4, 0.5) is 0 Å². The van der Waals surface area contributed by atoms with Crippen molar-refractivity contribution in [1.29, 1.82) is 0 Å². The van der Waals surface area contributed by atoms with Gasteiger partial charge in [0.25, 0.3) is 6.33 Å². The number of rotatable bonds is 15. The van der Waals surface area contributed by atoms with Gasteiger partial charge in [-0.25, -0.2) is 4.98 Å². The summed E-state index contributed by atoms with van der Waals surface area (Å²) in [6.45, 7) is 6.70. The van der Waals surface area contributed by atoms with Crippen LogP contribution in [0.1, 0.15) is 26.3 Å². The summed E-state index contributed by atoms with van der Waals surface area (Å²) < 4.78 is 20.1. The van der Waals surface area contributed by atoms with Crippen LogP contribution in [0.2, 0.25) is 0 Å². The molecule has 4 aromatic heterocycles. The molecular weight excluding hydrogens is 1470 g/mol. The largest absolute Gasteiger partial charge is 0.510 e. The maximum Gasteiger partial charge on any atom is 0.268 e. The van der Waals surface area contributed by atoms with Gasteiger partial charge in [-0.15, -0.1) is 29.7 Å². The van der Waals surface area contributed by atoms with Gasteiger partial charge in [0.1, 0.15) is 17.0 Å². The van der Waals surface area contributed by atoms with E-state index in [0.29, 0.717) is 11.5 Å². The van der Waals surface area contributed by atoms with Crippen molar-refractivity contribution in [1.82, 2.24) is 14.1 Å². The van der Waals surface area contributed by atoms with E-state index in [4.69, 9.17) is 14.1 Å². The van der Waals surface area contributed by atoms with E-state index < -0.39 is 16.1 Å². The number of nitrogens with zero attached hydrogens (tertiary/aromatic N) is 4. The average molecular weight is 1540 g/mol. The summed E-state index contributed by atoms with van der Waals surface area (Å²) in [7, 11) is -5.97. The molecule has 0 radical (unpaired) electrons. The Kier molecular flexibility index (Phi) is 16.7. The number of imidazole rings is 1. The van der Waals surface area contributed by atoms with Crippen LogP contribution < -0.4 is 50.8 Å². The van der Waals surface area contributed by atoms with Crippen LogP contribution >= 0.6 is 0 Å². The third-order valence-electron chi connectivity index (χ3n) is 20.5. The first-order valence-electron chi connectivity index (χ1n) is 34.8. The smallest absolute Gasteiger partial charge is 0.268 e. The summed E-state index contributed by atoms with van der Waals surface area (Å²) in [5.41, 5.74) is 12.6. The summed E-state index contributed by atoms with van der Waals surface area (Å²) in [5.74, 6) is 1.87. The van der Waals surface area contributed by atoms with Gasteiger partial charge in [0.15, 0.2) is 16.1 Å². The Labute approximate surface area is 616 Å². The number of para-hydroxylation sites is 4. The molecule has 0 atom stereocenters. The Bertz CT molecular complexity index is 5770. The van der Waals surface area contributed by atoms with Gasteiger partial charge >= 0.3 is 0 Å². The fraction of sp³-hybridized carbons (Fsp3) is 0.0426. The van der Waals surface area contributed by atoms with Gasteiger partial charge < -0.3 is 18.3 Å². The normalized spacial score (nSPS) is 12.0. The van der Waals surface area contributed by atoms with Gasteiger partial charge in [0, 0.05) is 55.1 Å². The number of pyridine rings is 1. The van der Waals surface area contributed by atoms with E-state index in [2.05, 4.69) is 374 Å². The number of hydrogen-bond donors (Lipinski definition) is 0. The topological polar surface area (TPSA) is 49.0 Å². The van der Waals surface area contributed by atoms with Crippen molar-refractivity contribution in [3.05, 3.63) is 382 Å². The van der Waals surface area contributed by atoms with Crippen LogP contribution in [-0.2, 0) is 26.5 Å². The molecule has 0 saturated carbocycles. The first kappa shape index (κ1) is 64.6. The second kappa shape index (κ2) is 26.6. The summed E-state index contributed by atoms with van der Waals surface area (Å²) in [6.07, 6.45) is 5.93. The second-order valence-electron chi connectivity index (χ2n) is 27.4. The van der Waals surface area contributed by atoms with Crippen molar-refractivity contribution in [2.24, 2.45) is 0 Å². The van der Waals surface area contributed by atoms with E-state index in [9.17, 15) is 0 Å². The minimum absolute atomic E-state index is 0. The zero-order valence-electron chi connectivity index (χ0n) is 57.0. The number of fused-ring (bicyclic) bond motifs is 7. The Morgan fingerprint density at radius 2 is 0.874 bits per heavy atom. The zero-order valence-corrected chi connectivity index (χ0v) is 61.3. The Hall–Kier alpha value is -11.8. The molecule has 14 aromatic carbocycles. The maximum absolute atomic E-state index is 6.97. The SMILES string of the molecule is CC(C)(C)c1ccnc(-n2c3[c-]c(Oc4[c-]c(-n5[c-][n+](-c6c(-c7cccc([Si](c8ccccc8)(c8ccccc8)c8ccccc8)c7)cccc6-c6cccc([Si](c7ccccc7)(c7ccccc7)c7ccccc7)c6)c6ccccc65)ccc4)ccc3c3cc4oc5ccccc5c4cc32)c1.[Pt]. The second-order valence-corrected chi connectivity index (χ2v) is 35.0.